The molecule has 0 aromatic heterocycles. The van der Waals surface area contributed by atoms with Gasteiger partial charge in [0.15, 0.2) is 0 Å². The molecule has 0 aliphatic rings. The van der Waals surface area contributed by atoms with E-state index in [4.69, 9.17) is 14.6 Å². The number of nitrogens with one attached hydrogen (secondary N) is 4. The average molecular weight is 576 g/mol. The molecule has 7 N–H and O–H groups in total. The SMILES string of the molecule is CC(NC(=O)OCc1ccccc1)C(=O)NCC(=O)O.CC(NC(=O)OCc1ccccc1)C(=O)NCC(=O)ON. The van der Waals surface area contributed by atoms with Crippen molar-refractivity contribution in [3.05, 3.63) is 71.8 Å². The highest BCUT2D eigenvalue weighted by atomic mass is 16.7. The predicted molar refractivity (Wildman–Crippen MR) is 142 cm³/mol. The van der Waals surface area contributed by atoms with Crippen molar-refractivity contribution < 1.29 is 48.2 Å². The van der Waals surface area contributed by atoms with Gasteiger partial charge in [-0.15, -0.1) is 0 Å². The first-order valence-corrected chi connectivity index (χ1v) is 12.1. The van der Waals surface area contributed by atoms with E-state index in [1.165, 1.54) is 13.8 Å². The number of carboxylic acid groups (broad SMARTS) is 1. The Hall–Kier alpha value is -5.18. The van der Waals surface area contributed by atoms with Crippen molar-refractivity contribution in [2.45, 2.75) is 39.1 Å². The maximum atomic E-state index is 11.5. The molecule has 4 amide bonds. The van der Waals surface area contributed by atoms with E-state index in [0.717, 1.165) is 11.1 Å². The molecule has 0 heterocycles. The summed E-state index contributed by atoms with van der Waals surface area (Å²) in [6.45, 7) is 2.20. The van der Waals surface area contributed by atoms with Crippen molar-refractivity contribution in [3.63, 3.8) is 0 Å². The van der Waals surface area contributed by atoms with E-state index < -0.39 is 54.6 Å². The van der Waals surface area contributed by atoms with Crippen LogP contribution in [0, 0.1) is 0 Å². The van der Waals surface area contributed by atoms with Crippen LogP contribution in [0.1, 0.15) is 25.0 Å². The molecular formula is C26H33N5O10. The second-order valence-electron chi connectivity index (χ2n) is 8.17. The third-order valence-corrected chi connectivity index (χ3v) is 4.83. The molecule has 0 aliphatic carbocycles. The average Bonchev–Trinajstić information content (AvgIpc) is 2.97. The Morgan fingerprint density at radius 3 is 1.46 bits per heavy atom. The van der Waals surface area contributed by atoms with E-state index in [1.54, 1.807) is 12.1 Å². The Morgan fingerprint density at radius 1 is 0.707 bits per heavy atom. The lowest BCUT2D eigenvalue weighted by Crippen LogP contribution is -2.46. The summed E-state index contributed by atoms with van der Waals surface area (Å²) < 4.78 is 9.88. The van der Waals surface area contributed by atoms with Gasteiger partial charge < -0.3 is 40.7 Å². The topological polar surface area (TPSA) is 224 Å². The van der Waals surface area contributed by atoms with Gasteiger partial charge in [0, 0.05) is 0 Å². The fourth-order valence-electron chi connectivity index (χ4n) is 2.68. The molecule has 222 valence electrons. The molecular weight excluding hydrogens is 542 g/mol. The summed E-state index contributed by atoms with van der Waals surface area (Å²) >= 11 is 0. The van der Waals surface area contributed by atoms with Crippen LogP contribution in [0.25, 0.3) is 0 Å². The van der Waals surface area contributed by atoms with Crippen molar-refractivity contribution in [2.75, 3.05) is 13.1 Å². The second-order valence-corrected chi connectivity index (χ2v) is 8.17. The van der Waals surface area contributed by atoms with Crippen molar-refractivity contribution in [1.29, 1.82) is 0 Å². The van der Waals surface area contributed by atoms with Gasteiger partial charge in [0.2, 0.25) is 11.8 Å². The number of amides is 4. The molecule has 2 aromatic rings. The van der Waals surface area contributed by atoms with E-state index in [2.05, 4.69) is 32.0 Å². The summed E-state index contributed by atoms with van der Waals surface area (Å²) in [6, 6.07) is 16.5. The molecule has 0 spiro atoms. The Labute approximate surface area is 235 Å². The van der Waals surface area contributed by atoms with E-state index >= 15 is 0 Å². The number of nitrogens with two attached hydrogens (primary N) is 1. The van der Waals surface area contributed by atoms with Crippen LogP contribution in [-0.2, 0) is 46.7 Å². The standard InChI is InChI=1S/C13H17N3O5.C13H16N2O5/c1-9(12(18)15-7-11(17)21-14)16-13(19)20-8-10-5-3-2-4-6-10;1-9(12(18)14-7-11(16)17)15-13(19)20-8-10-5-3-2-4-6-10/h2-6,9H,7-8,14H2,1H3,(H,15,18)(H,16,19);2-6,9H,7-8H2,1H3,(H,14,18)(H,15,19)(H,16,17). The number of aliphatic carboxylic acids is 1. The fraction of sp³-hybridized carbons (Fsp3) is 0.308. The smallest absolute Gasteiger partial charge is 0.408 e. The van der Waals surface area contributed by atoms with Crippen molar-refractivity contribution in [3.8, 4) is 0 Å². The second kappa shape index (κ2) is 19.0. The largest absolute Gasteiger partial charge is 0.480 e. The van der Waals surface area contributed by atoms with Crippen LogP contribution < -0.4 is 27.2 Å². The van der Waals surface area contributed by atoms with Crippen LogP contribution in [0.4, 0.5) is 9.59 Å². The van der Waals surface area contributed by atoms with Gasteiger partial charge in [-0.1, -0.05) is 60.7 Å². The van der Waals surface area contributed by atoms with Gasteiger partial charge in [0.1, 0.15) is 38.4 Å². The molecule has 2 rings (SSSR count). The van der Waals surface area contributed by atoms with Gasteiger partial charge in [-0.05, 0) is 25.0 Å². The summed E-state index contributed by atoms with van der Waals surface area (Å²) in [5, 5.41) is 17.5. The molecule has 2 aromatic carbocycles. The Kier molecular flexibility index (Phi) is 15.7. The molecule has 0 saturated heterocycles. The van der Waals surface area contributed by atoms with Gasteiger partial charge in [0.05, 0.1) is 0 Å². The highest BCUT2D eigenvalue weighted by Crippen LogP contribution is 2.01. The quantitative estimate of drug-likeness (QED) is 0.189. The monoisotopic (exact) mass is 575 g/mol. The molecule has 0 aliphatic heterocycles. The van der Waals surface area contributed by atoms with Gasteiger partial charge in [-0.3, -0.25) is 14.4 Å². The van der Waals surface area contributed by atoms with Gasteiger partial charge in [-0.25, -0.2) is 14.4 Å². The Morgan fingerprint density at radius 2 is 1.10 bits per heavy atom. The molecule has 0 fully saturated rings. The van der Waals surface area contributed by atoms with Crippen LogP contribution in [-0.4, -0.2) is 66.2 Å². The molecule has 2 atom stereocenters. The normalized spacial score (nSPS) is 11.2. The van der Waals surface area contributed by atoms with E-state index in [0.29, 0.717) is 0 Å². The number of ether oxygens (including phenoxy) is 2. The van der Waals surface area contributed by atoms with Crippen LogP contribution in [0.15, 0.2) is 60.7 Å². The number of carbonyl (C=O) groups is 6. The number of hydrogen-bond acceptors (Lipinski definition) is 10. The van der Waals surface area contributed by atoms with E-state index in [1.807, 2.05) is 48.5 Å². The Balaban J connectivity index is 0.000000410. The minimum absolute atomic E-state index is 0.0934. The highest BCUT2D eigenvalue weighted by Gasteiger charge is 2.18. The fourth-order valence-corrected chi connectivity index (χ4v) is 2.68. The molecule has 0 saturated carbocycles. The molecule has 41 heavy (non-hydrogen) atoms. The number of benzene rings is 2. The molecule has 2 unspecified atom stereocenters. The zero-order valence-electron chi connectivity index (χ0n) is 22.5. The lowest BCUT2D eigenvalue weighted by atomic mass is 10.2. The first-order valence-electron chi connectivity index (χ1n) is 12.1. The van der Waals surface area contributed by atoms with E-state index in [9.17, 15) is 28.8 Å². The lowest BCUT2D eigenvalue weighted by Gasteiger charge is -2.13. The maximum Gasteiger partial charge on any atom is 0.408 e. The van der Waals surface area contributed by atoms with Crippen molar-refractivity contribution >= 4 is 35.9 Å². The van der Waals surface area contributed by atoms with Crippen LogP contribution in [0.5, 0.6) is 0 Å². The zero-order chi connectivity index (χ0) is 30.6. The predicted octanol–water partition coefficient (Wildman–Crippen LogP) is 0.337. The third kappa shape index (κ3) is 15.7. The van der Waals surface area contributed by atoms with Gasteiger partial charge in [0.25, 0.3) is 0 Å². The minimum atomic E-state index is -1.16. The Bertz CT molecular complexity index is 1150. The van der Waals surface area contributed by atoms with Crippen molar-refractivity contribution in [2.24, 2.45) is 5.90 Å². The van der Waals surface area contributed by atoms with E-state index in [-0.39, 0.29) is 19.8 Å². The number of carbonyl (C=O) groups excluding carboxylic acids is 5. The summed E-state index contributed by atoms with van der Waals surface area (Å²) in [5.41, 5.74) is 1.65. The molecule has 15 nitrogen and oxygen atoms in total. The summed E-state index contributed by atoms with van der Waals surface area (Å²) in [5.74, 6) is 1.52. The third-order valence-electron chi connectivity index (χ3n) is 4.83. The molecule has 0 bridgehead atoms. The number of rotatable bonds is 12. The lowest BCUT2D eigenvalue weighted by molar-refractivity contribution is -0.144. The number of carboxylic acids is 1. The summed E-state index contributed by atoms with van der Waals surface area (Å²) in [7, 11) is 0. The van der Waals surface area contributed by atoms with Crippen LogP contribution in [0.3, 0.4) is 0 Å². The van der Waals surface area contributed by atoms with Crippen LogP contribution in [0.2, 0.25) is 0 Å². The molecule has 0 radical (unpaired) electrons. The first-order chi connectivity index (χ1) is 19.5. The number of alkyl carbamates (subject to hydrolysis) is 2. The maximum absolute atomic E-state index is 11.5. The van der Waals surface area contributed by atoms with Crippen LogP contribution >= 0.6 is 0 Å². The van der Waals surface area contributed by atoms with Gasteiger partial charge >= 0.3 is 24.1 Å². The van der Waals surface area contributed by atoms with Gasteiger partial charge in [-0.2, -0.15) is 5.90 Å². The first kappa shape index (κ1) is 33.8. The zero-order valence-corrected chi connectivity index (χ0v) is 22.5. The highest BCUT2D eigenvalue weighted by molar-refractivity contribution is 5.88. The minimum Gasteiger partial charge on any atom is -0.480 e. The molecule has 15 heteroatoms. The summed E-state index contributed by atoms with van der Waals surface area (Å²) in [6.07, 6.45) is -1.48. The summed E-state index contributed by atoms with van der Waals surface area (Å²) in [4.78, 5) is 70.8. The van der Waals surface area contributed by atoms with Crippen molar-refractivity contribution in [1.82, 2.24) is 21.3 Å². The number of hydrogen-bond donors (Lipinski definition) is 6.